The number of aromatic nitrogens is 1. The van der Waals surface area contributed by atoms with Crippen LogP contribution in [0.1, 0.15) is 26.3 Å². The second kappa shape index (κ2) is 8.84. The zero-order valence-electron chi connectivity index (χ0n) is 15.0. The normalized spacial score (nSPS) is 23.2. The molecule has 1 aliphatic rings. The van der Waals surface area contributed by atoms with Gasteiger partial charge in [-0.3, -0.25) is 0 Å². The number of guanidine groups is 1. The third kappa shape index (κ3) is 5.65. The Balaban J connectivity index is 1.90. The molecule has 2 rings (SSSR count). The summed E-state index contributed by atoms with van der Waals surface area (Å²) in [4.78, 5) is 11.2. The number of nitrogens with one attached hydrogen (secondary N) is 1. The maximum Gasteiger partial charge on any atom is 0.189 e. The van der Waals surface area contributed by atoms with Gasteiger partial charge < -0.3 is 25.4 Å². The maximum atomic E-state index is 5.87. The van der Waals surface area contributed by atoms with Gasteiger partial charge in [-0.25, -0.2) is 9.98 Å². The molecule has 1 aliphatic heterocycles. The third-order valence-corrected chi connectivity index (χ3v) is 3.80. The number of methoxy groups -OCH3 is 1. The Hall–Kier alpha value is -1.86. The second-order valence-corrected chi connectivity index (χ2v) is 6.39. The molecule has 0 amide bonds. The van der Waals surface area contributed by atoms with Crippen molar-refractivity contribution in [1.29, 1.82) is 0 Å². The van der Waals surface area contributed by atoms with Crippen molar-refractivity contribution < 1.29 is 9.47 Å². The van der Waals surface area contributed by atoms with Gasteiger partial charge in [0.25, 0.3) is 0 Å². The minimum atomic E-state index is 0.129. The van der Waals surface area contributed by atoms with E-state index in [0.717, 1.165) is 24.5 Å². The molecule has 1 fully saturated rings. The van der Waals surface area contributed by atoms with Gasteiger partial charge in [-0.15, -0.1) is 0 Å². The van der Waals surface area contributed by atoms with E-state index in [1.807, 2.05) is 25.3 Å². The molecule has 0 radical (unpaired) electrons. The number of pyridine rings is 1. The van der Waals surface area contributed by atoms with Gasteiger partial charge in [-0.2, -0.15) is 0 Å². The van der Waals surface area contributed by atoms with Gasteiger partial charge in [-0.05, 0) is 32.4 Å². The van der Waals surface area contributed by atoms with Crippen molar-refractivity contribution in [3.8, 4) is 0 Å². The van der Waals surface area contributed by atoms with Gasteiger partial charge in [-0.1, -0.05) is 6.07 Å². The predicted molar refractivity (Wildman–Crippen MR) is 96.3 cm³/mol. The molecule has 3 unspecified atom stereocenters. The van der Waals surface area contributed by atoms with Crippen LogP contribution in [0, 0.1) is 0 Å². The lowest BCUT2D eigenvalue weighted by Gasteiger charge is -2.36. The Morgan fingerprint density at radius 3 is 2.75 bits per heavy atom. The summed E-state index contributed by atoms with van der Waals surface area (Å²) in [6, 6.07) is 4.21. The Bertz CT molecular complexity index is 524. The molecule has 0 aliphatic carbocycles. The van der Waals surface area contributed by atoms with E-state index in [9.17, 15) is 0 Å². The van der Waals surface area contributed by atoms with Gasteiger partial charge >= 0.3 is 0 Å². The first-order valence-corrected chi connectivity index (χ1v) is 8.38. The number of aliphatic imine (C=N–C) groups is 1. The lowest BCUT2D eigenvalue weighted by Crippen LogP contribution is -2.45. The van der Waals surface area contributed by atoms with Crippen molar-refractivity contribution in [2.75, 3.05) is 31.7 Å². The Labute approximate surface area is 144 Å². The molecular formula is C17H29N5O2. The van der Waals surface area contributed by atoms with Gasteiger partial charge in [0, 0.05) is 32.4 Å². The summed E-state index contributed by atoms with van der Waals surface area (Å²) in [5, 5.41) is 3.08. The van der Waals surface area contributed by atoms with Gasteiger partial charge in [0.1, 0.15) is 5.82 Å². The van der Waals surface area contributed by atoms with Crippen LogP contribution >= 0.6 is 0 Å². The smallest absolute Gasteiger partial charge is 0.189 e. The Morgan fingerprint density at radius 2 is 2.17 bits per heavy atom. The molecule has 0 aromatic carbocycles. The van der Waals surface area contributed by atoms with Crippen LogP contribution in [0.2, 0.25) is 0 Å². The van der Waals surface area contributed by atoms with Crippen molar-refractivity contribution >= 4 is 11.8 Å². The molecule has 1 saturated heterocycles. The average molecular weight is 335 g/mol. The highest BCUT2D eigenvalue weighted by Crippen LogP contribution is 2.18. The topological polar surface area (TPSA) is 85.0 Å². The lowest BCUT2D eigenvalue weighted by molar-refractivity contribution is -0.00545. The van der Waals surface area contributed by atoms with Crippen molar-refractivity contribution in [2.45, 2.75) is 45.6 Å². The van der Waals surface area contributed by atoms with E-state index in [2.05, 4.69) is 34.0 Å². The minimum Gasteiger partial charge on any atom is -0.383 e. The van der Waals surface area contributed by atoms with Crippen molar-refractivity contribution in [2.24, 2.45) is 10.7 Å². The number of hydrogen-bond donors (Lipinski definition) is 2. The van der Waals surface area contributed by atoms with E-state index in [-0.39, 0.29) is 18.2 Å². The number of morpholine rings is 1. The van der Waals surface area contributed by atoms with Crippen LogP contribution in [0.4, 0.5) is 5.82 Å². The summed E-state index contributed by atoms with van der Waals surface area (Å²) in [5.41, 5.74) is 6.90. The van der Waals surface area contributed by atoms with Crippen molar-refractivity contribution in [3.05, 3.63) is 23.9 Å². The zero-order chi connectivity index (χ0) is 17.5. The second-order valence-electron chi connectivity index (χ2n) is 6.39. The first-order chi connectivity index (χ1) is 11.5. The number of nitrogens with zero attached hydrogens (tertiary/aromatic N) is 3. The summed E-state index contributed by atoms with van der Waals surface area (Å²) in [7, 11) is 1.66. The number of hydrogen-bond acceptors (Lipinski definition) is 5. The van der Waals surface area contributed by atoms with Crippen LogP contribution in [0.15, 0.2) is 23.3 Å². The van der Waals surface area contributed by atoms with Crippen LogP contribution < -0.4 is 16.0 Å². The number of anilines is 1. The van der Waals surface area contributed by atoms with E-state index in [0.29, 0.717) is 19.1 Å². The van der Waals surface area contributed by atoms with Crippen LogP contribution in [-0.4, -0.2) is 56.0 Å². The molecule has 7 heteroatoms. The molecular weight excluding hydrogens is 306 g/mol. The van der Waals surface area contributed by atoms with Gasteiger partial charge in [0.05, 0.1) is 25.4 Å². The van der Waals surface area contributed by atoms with E-state index < -0.39 is 0 Å². The number of rotatable bonds is 6. The van der Waals surface area contributed by atoms with E-state index >= 15 is 0 Å². The molecule has 0 spiro atoms. The fourth-order valence-corrected chi connectivity index (χ4v) is 2.83. The van der Waals surface area contributed by atoms with E-state index in [1.54, 1.807) is 7.11 Å². The van der Waals surface area contributed by atoms with Crippen molar-refractivity contribution in [1.82, 2.24) is 10.3 Å². The highest BCUT2D eigenvalue weighted by molar-refractivity contribution is 5.78. The molecule has 3 N–H and O–H groups in total. The van der Waals surface area contributed by atoms with E-state index in [4.69, 9.17) is 15.2 Å². The minimum absolute atomic E-state index is 0.129. The molecule has 3 atom stereocenters. The first-order valence-electron chi connectivity index (χ1n) is 8.38. The predicted octanol–water partition coefficient (Wildman–Crippen LogP) is 1.13. The summed E-state index contributed by atoms with van der Waals surface area (Å²) in [6.07, 6.45) is 2.30. The summed E-state index contributed by atoms with van der Waals surface area (Å²) in [5.74, 6) is 1.39. The zero-order valence-corrected chi connectivity index (χ0v) is 15.0. The largest absolute Gasteiger partial charge is 0.383 e. The maximum absolute atomic E-state index is 5.87. The quantitative estimate of drug-likeness (QED) is 0.599. The fraction of sp³-hybridized carbons (Fsp3) is 0.647. The summed E-state index contributed by atoms with van der Waals surface area (Å²) in [6.45, 7) is 8.99. The Morgan fingerprint density at radius 1 is 1.46 bits per heavy atom. The van der Waals surface area contributed by atoms with Crippen LogP contribution in [-0.2, 0) is 16.0 Å². The fourth-order valence-electron chi connectivity index (χ4n) is 2.83. The molecule has 2 heterocycles. The molecule has 7 nitrogen and oxygen atoms in total. The standard InChI is InChI=1S/C17H29N5O2/c1-12(11-23-4)21-17(18)20-8-15-5-6-16(19-7-15)22-9-13(2)24-14(3)10-22/h5-7,12-14H,8-11H2,1-4H3,(H3,18,20,21). The molecule has 134 valence electrons. The highest BCUT2D eigenvalue weighted by atomic mass is 16.5. The highest BCUT2D eigenvalue weighted by Gasteiger charge is 2.22. The molecule has 24 heavy (non-hydrogen) atoms. The first kappa shape index (κ1) is 18.5. The molecule has 1 aromatic heterocycles. The summed E-state index contributed by atoms with van der Waals surface area (Å²) >= 11 is 0. The number of ether oxygens (including phenoxy) is 2. The van der Waals surface area contributed by atoms with E-state index in [1.165, 1.54) is 0 Å². The van der Waals surface area contributed by atoms with Crippen LogP contribution in [0.5, 0.6) is 0 Å². The van der Waals surface area contributed by atoms with Crippen LogP contribution in [0.25, 0.3) is 0 Å². The molecule has 0 saturated carbocycles. The van der Waals surface area contributed by atoms with Gasteiger partial charge in [0.2, 0.25) is 0 Å². The summed E-state index contributed by atoms with van der Waals surface area (Å²) < 4.78 is 10.8. The average Bonchev–Trinajstić information content (AvgIpc) is 2.52. The van der Waals surface area contributed by atoms with Gasteiger partial charge in [0.15, 0.2) is 5.96 Å². The monoisotopic (exact) mass is 335 g/mol. The number of nitrogens with two attached hydrogens (primary N) is 1. The SMILES string of the molecule is COCC(C)NC(N)=NCc1ccc(N2CC(C)OC(C)C2)nc1. The van der Waals surface area contributed by atoms with Crippen LogP contribution in [0.3, 0.4) is 0 Å². The van der Waals surface area contributed by atoms with Crippen molar-refractivity contribution in [3.63, 3.8) is 0 Å². The Kier molecular flexibility index (Phi) is 6.81. The molecule has 0 bridgehead atoms. The lowest BCUT2D eigenvalue weighted by atomic mass is 10.2. The molecule has 1 aromatic rings. The third-order valence-electron chi connectivity index (χ3n) is 3.80.